The lowest BCUT2D eigenvalue weighted by atomic mass is 9.89. The first-order valence-corrected chi connectivity index (χ1v) is 9.90. The molecule has 6 nitrogen and oxygen atoms in total. The van der Waals surface area contributed by atoms with Crippen LogP contribution in [0.5, 0.6) is 0 Å². The fraction of sp³-hybridized carbons (Fsp3) is 0.714. The Morgan fingerprint density at radius 3 is 2.33 bits per heavy atom. The van der Waals surface area contributed by atoms with E-state index in [0.29, 0.717) is 12.3 Å². The van der Waals surface area contributed by atoms with Crippen LogP contribution in [0.2, 0.25) is 0 Å². The zero-order valence-electron chi connectivity index (χ0n) is 16.8. The maximum Gasteiger partial charge on any atom is 0.441 e. The van der Waals surface area contributed by atoms with E-state index in [1.807, 2.05) is 0 Å². The molecule has 1 aliphatic carbocycles. The predicted octanol–water partition coefficient (Wildman–Crippen LogP) is 4.22. The first kappa shape index (κ1) is 23.0. The Balaban J connectivity index is 2.27. The molecule has 150 valence electrons. The summed E-state index contributed by atoms with van der Waals surface area (Å²) in [5, 5.41) is 0. The molecule has 0 N–H and O–H groups in total. The van der Waals surface area contributed by atoms with Gasteiger partial charge in [-0.25, -0.2) is 4.79 Å². The molecule has 0 unspecified atom stereocenters. The first-order chi connectivity index (χ1) is 12.7. The van der Waals surface area contributed by atoms with E-state index in [1.165, 1.54) is 32.1 Å². The number of nitrogens with zero attached hydrogens (tertiary/aromatic N) is 2. The van der Waals surface area contributed by atoms with Crippen molar-refractivity contribution >= 4 is 23.2 Å². The number of carbonyl (C=O) groups excluding carboxylic acids is 3. The number of ketones is 2. The minimum absolute atomic E-state index is 0.0316. The quantitative estimate of drug-likeness (QED) is 0.108. The Morgan fingerprint density at radius 2 is 1.74 bits per heavy atom. The molecule has 0 aromatic heterocycles. The summed E-state index contributed by atoms with van der Waals surface area (Å²) in [5.74, 6) is -1.00. The van der Waals surface area contributed by atoms with Crippen molar-refractivity contribution in [3.63, 3.8) is 0 Å². The summed E-state index contributed by atoms with van der Waals surface area (Å²) in [6.45, 7) is 4.95. The van der Waals surface area contributed by atoms with Crippen LogP contribution in [-0.4, -0.2) is 33.6 Å². The number of allylic oxidation sites excluding steroid dienone is 2. The number of hydrogen-bond donors (Lipinski definition) is 0. The topological polar surface area (TPSA) is 96.8 Å². The van der Waals surface area contributed by atoms with Gasteiger partial charge in [-0.1, -0.05) is 31.4 Å². The summed E-state index contributed by atoms with van der Waals surface area (Å²) >= 11 is 0. The minimum Gasteiger partial charge on any atom is -0.451 e. The molecule has 0 spiro atoms. The summed E-state index contributed by atoms with van der Waals surface area (Å²) in [6.07, 6.45) is 12.8. The monoisotopic (exact) mass is 376 g/mol. The second-order valence-electron chi connectivity index (χ2n) is 8.13. The van der Waals surface area contributed by atoms with Crippen LogP contribution in [0.1, 0.15) is 85.0 Å². The third-order valence-electron chi connectivity index (χ3n) is 4.47. The molecule has 0 saturated heterocycles. The van der Waals surface area contributed by atoms with Crippen molar-refractivity contribution in [2.45, 2.75) is 90.6 Å². The van der Waals surface area contributed by atoms with E-state index < -0.39 is 23.1 Å². The van der Waals surface area contributed by atoms with Crippen molar-refractivity contribution in [3.8, 4) is 0 Å². The van der Waals surface area contributed by atoms with Crippen LogP contribution >= 0.6 is 0 Å². The summed E-state index contributed by atoms with van der Waals surface area (Å²) in [6, 6.07) is 0. The lowest BCUT2D eigenvalue weighted by Gasteiger charge is -2.17. The van der Waals surface area contributed by atoms with Gasteiger partial charge in [0.25, 0.3) is 5.78 Å². The number of rotatable bonds is 10. The molecule has 6 heteroatoms. The molecule has 0 amide bonds. The number of unbranched alkanes of at least 4 members (excludes halogenated alkanes) is 1. The van der Waals surface area contributed by atoms with Crippen LogP contribution in [0.25, 0.3) is 5.53 Å². The largest absolute Gasteiger partial charge is 0.451 e. The molecule has 0 aromatic rings. The van der Waals surface area contributed by atoms with Crippen LogP contribution in [0.4, 0.5) is 0 Å². The highest BCUT2D eigenvalue weighted by molar-refractivity contribution is 6.62. The van der Waals surface area contributed by atoms with E-state index in [4.69, 9.17) is 10.3 Å². The molecule has 0 bridgehead atoms. The fourth-order valence-corrected chi connectivity index (χ4v) is 3.07. The Labute approximate surface area is 162 Å². The zero-order valence-corrected chi connectivity index (χ0v) is 16.8. The summed E-state index contributed by atoms with van der Waals surface area (Å²) < 4.78 is 5.02. The molecule has 0 radical (unpaired) electrons. The summed E-state index contributed by atoms with van der Waals surface area (Å²) in [5.41, 5.74) is 7.45. The van der Waals surface area contributed by atoms with Gasteiger partial charge in [-0.2, -0.15) is 4.79 Å². The molecule has 0 atom stereocenters. The van der Waals surface area contributed by atoms with Crippen molar-refractivity contribution < 1.29 is 23.9 Å². The van der Waals surface area contributed by atoms with E-state index >= 15 is 0 Å². The van der Waals surface area contributed by atoms with Gasteiger partial charge in [0.2, 0.25) is 0 Å². The van der Waals surface area contributed by atoms with Crippen LogP contribution in [0.3, 0.4) is 0 Å². The Kier molecular flexibility index (Phi) is 9.87. The number of carbonyl (C=O) groups is 3. The first-order valence-electron chi connectivity index (χ1n) is 9.90. The van der Waals surface area contributed by atoms with Crippen molar-refractivity contribution in [3.05, 3.63) is 17.7 Å². The summed E-state index contributed by atoms with van der Waals surface area (Å²) in [7, 11) is 0. The van der Waals surface area contributed by atoms with E-state index in [0.717, 1.165) is 12.8 Å². The second-order valence-corrected chi connectivity index (χ2v) is 8.13. The van der Waals surface area contributed by atoms with Crippen LogP contribution < -0.4 is 0 Å². The third kappa shape index (κ3) is 10.00. The van der Waals surface area contributed by atoms with Crippen molar-refractivity contribution in [1.82, 2.24) is 0 Å². The number of esters is 1. The molecule has 0 aromatic carbocycles. The van der Waals surface area contributed by atoms with Gasteiger partial charge in [0.15, 0.2) is 0 Å². The normalized spacial score (nSPS) is 15.4. The standard InChI is InChI=1S/C21H32N2O4/c1-21(2,3)27-20(26)19(23-22)18(25)15-14-17(24)13-9-5-8-12-16-10-6-4-7-11-16/h8,12,16H,4-7,9-11,13-15H2,1-3H3/b12-8+. The van der Waals surface area contributed by atoms with Crippen LogP contribution in [0.15, 0.2) is 12.2 Å². The lowest BCUT2D eigenvalue weighted by Crippen LogP contribution is -2.34. The number of hydrogen-bond acceptors (Lipinski definition) is 4. The van der Waals surface area contributed by atoms with E-state index in [1.54, 1.807) is 20.8 Å². The van der Waals surface area contributed by atoms with E-state index in [2.05, 4.69) is 16.9 Å². The molecule has 0 aliphatic heterocycles. The third-order valence-corrected chi connectivity index (χ3v) is 4.47. The van der Waals surface area contributed by atoms with Crippen molar-refractivity contribution in [2.75, 3.05) is 0 Å². The van der Waals surface area contributed by atoms with E-state index in [-0.39, 0.29) is 18.6 Å². The van der Waals surface area contributed by atoms with Gasteiger partial charge >= 0.3 is 11.7 Å². The second kappa shape index (κ2) is 11.6. The summed E-state index contributed by atoms with van der Waals surface area (Å²) in [4.78, 5) is 38.5. The van der Waals surface area contributed by atoms with Gasteiger partial charge in [0.05, 0.1) is 0 Å². The molecule has 1 rings (SSSR count). The van der Waals surface area contributed by atoms with Crippen LogP contribution in [0, 0.1) is 5.92 Å². The maximum absolute atomic E-state index is 12.0. The SMILES string of the molecule is CC(C)(C)OC(=O)C(=[N+]=[N-])C(=O)CCC(=O)CCC/C=C/C1CCCCC1. The Bertz CT molecular complexity index is 604. The van der Waals surface area contributed by atoms with Crippen molar-refractivity contribution in [1.29, 1.82) is 0 Å². The zero-order chi connectivity index (χ0) is 20.3. The maximum atomic E-state index is 12.0. The smallest absolute Gasteiger partial charge is 0.441 e. The molecule has 0 heterocycles. The predicted molar refractivity (Wildman–Crippen MR) is 103 cm³/mol. The van der Waals surface area contributed by atoms with E-state index in [9.17, 15) is 14.4 Å². The molecule has 1 fully saturated rings. The van der Waals surface area contributed by atoms with Gasteiger partial charge in [-0.15, -0.1) is 0 Å². The fourth-order valence-electron chi connectivity index (χ4n) is 3.07. The lowest BCUT2D eigenvalue weighted by molar-refractivity contribution is -0.152. The van der Waals surface area contributed by atoms with Gasteiger partial charge in [0, 0.05) is 19.3 Å². The van der Waals surface area contributed by atoms with Gasteiger partial charge in [-0.3, -0.25) is 9.59 Å². The molecular formula is C21H32N2O4. The highest BCUT2D eigenvalue weighted by atomic mass is 16.6. The molecule has 1 aliphatic rings. The highest BCUT2D eigenvalue weighted by Crippen LogP contribution is 2.24. The molecular weight excluding hydrogens is 344 g/mol. The average Bonchev–Trinajstić information content (AvgIpc) is 2.59. The molecule has 1 saturated carbocycles. The minimum atomic E-state index is -0.977. The Morgan fingerprint density at radius 1 is 1.07 bits per heavy atom. The number of Topliss-reactive ketones (excluding diaryl/α,β-unsaturated/α-hetero) is 2. The molecule has 27 heavy (non-hydrogen) atoms. The average molecular weight is 376 g/mol. The highest BCUT2D eigenvalue weighted by Gasteiger charge is 2.33. The van der Waals surface area contributed by atoms with Gasteiger partial charge < -0.3 is 10.3 Å². The van der Waals surface area contributed by atoms with Gasteiger partial charge in [-0.05, 0) is 52.4 Å². The van der Waals surface area contributed by atoms with Crippen LogP contribution in [-0.2, 0) is 19.1 Å². The van der Waals surface area contributed by atoms with Gasteiger partial charge in [0.1, 0.15) is 11.4 Å². The number of ether oxygens (including phenoxy) is 1. The Hall–Kier alpha value is -2.07. The van der Waals surface area contributed by atoms with Crippen molar-refractivity contribution in [2.24, 2.45) is 5.92 Å².